The molecule has 0 N–H and O–H groups in total. The van der Waals surface area contributed by atoms with Crippen molar-refractivity contribution in [1.29, 1.82) is 0 Å². The Morgan fingerprint density at radius 2 is 1.19 bits per heavy atom. The van der Waals surface area contributed by atoms with Crippen LogP contribution in [0.3, 0.4) is 0 Å². The van der Waals surface area contributed by atoms with Crippen LogP contribution in [0.2, 0.25) is 0 Å². The number of rotatable bonds is 3. The van der Waals surface area contributed by atoms with Crippen LogP contribution >= 0.6 is 15.9 Å². The Bertz CT molecular complexity index is 605. The smallest absolute Gasteiger partial charge is 0.426 e. The number of hydrogen-bond acceptors (Lipinski definition) is 1. The van der Waals surface area contributed by atoms with Gasteiger partial charge in [-0.3, -0.25) is 0 Å². The topological polar surface area (TPSA) is 9.23 Å². The fourth-order valence-corrected chi connectivity index (χ4v) is 1.83. The summed E-state index contributed by atoms with van der Waals surface area (Å²) in [5.41, 5.74) is -1.33. The average molecular weight is 367 g/mol. The van der Waals surface area contributed by atoms with E-state index in [1.165, 1.54) is 12.1 Å². The third kappa shape index (κ3) is 3.93. The lowest BCUT2D eigenvalue weighted by Gasteiger charge is -2.18. The highest BCUT2D eigenvalue weighted by molar-refractivity contribution is 9.10. The summed E-state index contributed by atoms with van der Waals surface area (Å²) in [4.78, 5) is 0. The molecule has 0 aliphatic heterocycles. The van der Waals surface area contributed by atoms with Crippen LogP contribution in [0.15, 0.2) is 53.0 Å². The number of alkyl halides is 5. The molecular formula is C14H8BrF5O. The summed E-state index contributed by atoms with van der Waals surface area (Å²) in [5, 5.41) is 0. The minimum Gasteiger partial charge on any atom is -0.429 e. The van der Waals surface area contributed by atoms with Crippen molar-refractivity contribution in [3.05, 3.63) is 64.1 Å². The molecule has 0 bridgehead atoms. The molecule has 0 saturated heterocycles. The molecule has 0 atom stereocenters. The second kappa shape index (κ2) is 5.63. The van der Waals surface area contributed by atoms with E-state index in [0.717, 1.165) is 24.3 Å². The van der Waals surface area contributed by atoms with Gasteiger partial charge in [-0.15, -0.1) is 0 Å². The fourth-order valence-electron chi connectivity index (χ4n) is 1.56. The molecule has 0 aliphatic rings. The van der Waals surface area contributed by atoms with Crippen molar-refractivity contribution in [1.82, 2.24) is 0 Å². The van der Waals surface area contributed by atoms with Crippen molar-refractivity contribution in [3.8, 4) is 5.75 Å². The zero-order chi connectivity index (χ0) is 15.7. The number of hydrogen-bond donors (Lipinski definition) is 0. The van der Waals surface area contributed by atoms with Gasteiger partial charge in [0.1, 0.15) is 5.75 Å². The van der Waals surface area contributed by atoms with E-state index in [2.05, 4.69) is 20.7 Å². The highest BCUT2D eigenvalue weighted by Gasteiger charge is 2.35. The first-order valence-corrected chi connectivity index (χ1v) is 6.48. The Hall–Kier alpha value is -1.63. The van der Waals surface area contributed by atoms with E-state index in [1.807, 2.05) is 0 Å². The van der Waals surface area contributed by atoms with E-state index in [9.17, 15) is 22.0 Å². The molecule has 0 aliphatic carbocycles. The minimum atomic E-state index is -4.52. The van der Waals surface area contributed by atoms with Crippen LogP contribution in [-0.2, 0) is 12.3 Å². The van der Waals surface area contributed by atoms with Gasteiger partial charge in [0.25, 0.3) is 0 Å². The summed E-state index contributed by atoms with van der Waals surface area (Å²) in [6.07, 6.45) is -8.16. The molecule has 0 amide bonds. The zero-order valence-corrected chi connectivity index (χ0v) is 11.9. The Morgan fingerprint density at radius 1 is 0.714 bits per heavy atom. The monoisotopic (exact) mass is 366 g/mol. The lowest BCUT2D eigenvalue weighted by molar-refractivity contribution is -0.185. The van der Waals surface area contributed by atoms with Crippen molar-refractivity contribution >= 4 is 15.9 Å². The minimum absolute atomic E-state index is 0.351. The molecule has 0 radical (unpaired) electrons. The van der Waals surface area contributed by atoms with E-state index in [-0.39, 0.29) is 5.75 Å². The van der Waals surface area contributed by atoms with Gasteiger partial charge in [0.2, 0.25) is 0 Å². The van der Waals surface area contributed by atoms with Crippen LogP contribution in [0.1, 0.15) is 11.1 Å². The van der Waals surface area contributed by atoms with Gasteiger partial charge in [-0.2, -0.15) is 22.0 Å². The third-order valence-corrected chi connectivity index (χ3v) is 3.14. The van der Waals surface area contributed by atoms with Gasteiger partial charge in [-0.05, 0) is 48.5 Å². The molecule has 0 heterocycles. The van der Waals surface area contributed by atoms with E-state index < -0.39 is 23.4 Å². The molecule has 0 aromatic heterocycles. The normalized spacial score (nSPS) is 12.3. The van der Waals surface area contributed by atoms with Crippen LogP contribution in [0.25, 0.3) is 0 Å². The third-order valence-electron chi connectivity index (χ3n) is 2.61. The summed E-state index contributed by atoms with van der Waals surface area (Å²) >= 11 is 3.11. The van der Waals surface area contributed by atoms with Gasteiger partial charge in [0.05, 0.1) is 11.1 Å². The Balaban J connectivity index is 2.18. The lowest BCUT2D eigenvalue weighted by Crippen LogP contribution is -2.21. The van der Waals surface area contributed by atoms with Crippen LogP contribution < -0.4 is 4.74 Å². The maximum Gasteiger partial charge on any atom is 0.426 e. The standard InChI is InChI=1S/C14H8BrF5O/c15-11-5-1-10(2-6-11)14(19,20)21-12-7-3-9(4-8-12)13(16,17)18/h1-8H. The first kappa shape index (κ1) is 15.8. The molecular weight excluding hydrogens is 359 g/mol. The summed E-state index contributed by atoms with van der Waals surface area (Å²) in [5.74, 6) is -0.351. The van der Waals surface area contributed by atoms with Crippen LogP contribution in [-0.4, -0.2) is 0 Å². The van der Waals surface area contributed by atoms with Crippen molar-refractivity contribution in [3.63, 3.8) is 0 Å². The van der Waals surface area contributed by atoms with Crippen LogP contribution in [0, 0.1) is 0 Å². The molecule has 0 saturated carbocycles. The van der Waals surface area contributed by atoms with Gasteiger partial charge >= 0.3 is 12.3 Å². The summed E-state index contributed by atoms with van der Waals surface area (Å²) < 4.78 is 69.9. The number of ether oxygens (including phenoxy) is 1. The molecule has 21 heavy (non-hydrogen) atoms. The maximum atomic E-state index is 13.8. The van der Waals surface area contributed by atoms with E-state index in [4.69, 9.17) is 0 Å². The van der Waals surface area contributed by atoms with E-state index in [0.29, 0.717) is 16.6 Å². The maximum absolute atomic E-state index is 13.8. The first-order chi connectivity index (χ1) is 9.68. The summed E-state index contributed by atoms with van der Waals surface area (Å²) in [6, 6.07) is 8.24. The molecule has 2 rings (SSSR count). The van der Waals surface area contributed by atoms with Crippen molar-refractivity contribution in [2.24, 2.45) is 0 Å². The average Bonchev–Trinajstić information content (AvgIpc) is 2.38. The Labute approximate surface area is 125 Å². The lowest BCUT2D eigenvalue weighted by atomic mass is 10.2. The molecule has 2 aromatic carbocycles. The predicted molar refractivity (Wildman–Crippen MR) is 70.1 cm³/mol. The predicted octanol–water partition coefficient (Wildman–Crippen LogP) is 5.60. The van der Waals surface area contributed by atoms with Crippen molar-refractivity contribution in [2.45, 2.75) is 12.3 Å². The molecule has 0 unspecified atom stereocenters. The first-order valence-electron chi connectivity index (χ1n) is 5.68. The second-order valence-corrected chi connectivity index (χ2v) is 5.06. The Kier molecular flexibility index (Phi) is 4.22. The second-order valence-electron chi connectivity index (χ2n) is 4.15. The van der Waals surface area contributed by atoms with E-state index >= 15 is 0 Å². The van der Waals surface area contributed by atoms with Crippen LogP contribution in [0.4, 0.5) is 22.0 Å². The molecule has 2 aromatic rings. The number of halogens is 6. The molecule has 7 heteroatoms. The van der Waals surface area contributed by atoms with Gasteiger partial charge in [-0.1, -0.05) is 15.9 Å². The highest BCUT2D eigenvalue weighted by Crippen LogP contribution is 2.34. The highest BCUT2D eigenvalue weighted by atomic mass is 79.9. The Morgan fingerprint density at radius 3 is 1.67 bits per heavy atom. The summed E-state index contributed by atoms with van der Waals surface area (Å²) in [7, 11) is 0. The quantitative estimate of drug-likeness (QED) is 0.642. The number of benzene rings is 2. The zero-order valence-electron chi connectivity index (χ0n) is 10.3. The van der Waals surface area contributed by atoms with Crippen LogP contribution in [0.5, 0.6) is 5.75 Å². The summed E-state index contributed by atoms with van der Waals surface area (Å²) in [6.45, 7) is 0. The molecule has 0 fully saturated rings. The molecule has 1 nitrogen and oxygen atoms in total. The van der Waals surface area contributed by atoms with Crippen molar-refractivity contribution in [2.75, 3.05) is 0 Å². The van der Waals surface area contributed by atoms with Crippen molar-refractivity contribution < 1.29 is 26.7 Å². The van der Waals surface area contributed by atoms with Gasteiger partial charge in [-0.25, -0.2) is 0 Å². The fraction of sp³-hybridized carbons (Fsp3) is 0.143. The largest absolute Gasteiger partial charge is 0.429 e. The van der Waals surface area contributed by atoms with Gasteiger partial charge < -0.3 is 4.74 Å². The molecule has 112 valence electrons. The SMILES string of the molecule is FC(F)(F)c1ccc(OC(F)(F)c2ccc(Br)cc2)cc1. The molecule has 0 spiro atoms. The van der Waals surface area contributed by atoms with Gasteiger partial charge in [0.15, 0.2) is 0 Å². The van der Waals surface area contributed by atoms with E-state index in [1.54, 1.807) is 0 Å². The van der Waals surface area contributed by atoms with Gasteiger partial charge in [0, 0.05) is 4.47 Å².